The molecule has 1 nitrogen and oxygen atoms in total. The molecule has 2 rings (SSSR count). The Labute approximate surface area is 91.6 Å². The molecule has 1 saturated heterocycles. The van der Waals surface area contributed by atoms with E-state index in [1.165, 1.54) is 18.4 Å². The molecule has 1 aliphatic rings. The topological polar surface area (TPSA) is 12.0 Å². The minimum atomic E-state index is 0.495. The molecule has 0 saturated carbocycles. The van der Waals surface area contributed by atoms with Gasteiger partial charge in [-0.3, -0.25) is 0 Å². The molecule has 0 amide bonds. The molecular weight excluding hydrogens is 249 g/mol. The lowest BCUT2D eigenvalue weighted by Gasteiger charge is -2.11. The summed E-state index contributed by atoms with van der Waals surface area (Å²) in [6.07, 6.45) is 2.47. The fourth-order valence-electron chi connectivity index (χ4n) is 1.75. The molecule has 1 aromatic carbocycles. The van der Waals surface area contributed by atoms with Crippen LogP contribution in [0, 0.1) is 0 Å². The molecule has 1 fully saturated rings. The van der Waals surface area contributed by atoms with E-state index in [1.807, 2.05) is 12.1 Å². The summed E-state index contributed by atoms with van der Waals surface area (Å²) in [4.78, 5) is 0. The maximum atomic E-state index is 5.97. The van der Waals surface area contributed by atoms with E-state index in [-0.39, 0.29) is 0 Å². The Hall–Kier alpha value is -0.0500. The predicted octanol–water partition coefficient (Wildman–Crippen LogP) is 3.53. The fraction of sp³-hybridized carbons (Fsp3) is 0.400. The van der Waals surface area contributed by atoms with E-state index in [2.05, 4.69) is 27.3 Å². The number of benzene rings is 1. The Morgan fingerprint density at radius 3 is 2.85 bits per heavy atom. The van der Waals surface area contributed by atoms with Crippen LogP contribution in [-0.4, -0.2) is 6.54 Å². The van der Waals surface area contributed by atoms with Gasteiger partial charge in [-0.05, 0) is 43.1 Å². The second-order valence-electron chi connectivity index (χ2n) is 3.35. The van der Waals surface area contributed by atoms with E-state index in [9.17, 15) is 0 Å². The van der Waals surface area contributed by atoms with Crippen molar-refractivity contribution in [2.45, 2.75) is 18.9 Å². The van der Waals surface area contributed by atoms with Crippen molar-refractivity contribution in [1.29, 1.82) is 0 Å². The average Bonchev–Trinajstić information content (AvgIpc) is 2.53. The summed E-state index contributed by atoms with van der Waals surface area (Å²) in [6.45, 7) is 1.12. The third-order valence-corrected chi connectivity index (χ3v) is 3.02. The lowest BCUT2D eigenvalue weighted by Crippen LogP contribution is -2.12. The summed E-state index contributed by atoms with van der Waals surface area (Å²) in [5, 5.41) is 4.25. The van der Waals surface area contributed by atoms with E-state index < -0.39 is 0 Å². The highest BCUT2D eigenvalue weighted by Gasteiger charge is 2.16. The van der Waals surface area contributed by atoms with Crippen LogP contribution in [0.3, 0.4) is 0 Å². The zero-order valence-electron chi connectivity index (χ0n) is 7.19. The van der Waals surface area contributed by atoms with Crippen molar-refractivity contribution in [1.82, 2.24) is 5.32 Å². The molecule has 1 heterocycles. The van der Waals surface area contributed by atoms with Crippen molar-refractivity contribution in [3.8, 4) is 0 Å². The highest BCUT2D eigenvalue weighted by molar-refractivity contribution is 9.10. The van der Waals surface area contributed by atoms with Crippen LogP contribution in [0.15, 0.2) is 22.7 Å². The monoisotopic (exact) mass is 259 g/mol. The molecule has 0 aliphatic carbocycles. The molecule has 0 bridgehead atoms. The van der Waals surface area contributed by atoms with Crippen LogP contribution in [-0.2, 0) is 0 Å². The van der Waals surface area contributed by atoms with Gasteiger partial charge in [0.25, 0.3) is 0 Å². The third kappa shape index (κ3) is 2.25. The molecule has 0 unspecified atom stereocenters. The zero-order valence-corrected chi connectivity index (χ0v) is 9.53. The summed E-state index contributed by atoms with van der Waals surface area (Å²) in [6, 6.07) is 6.58. The number of hydrogen-bond acceptors (Lipinski definition) is 1. The molecule has 1 atom stereocenters. The van der Waals surface area contributed by atoms with Crippen molar-refractivity contribution >= 4 is 27.5 Å². The van der Waals surface area contributed by atoms with Gasteiger partial charge in [-0.1, -0.05) is 27.5 Å². The van der Waals surface area contributed by atoms with Gasteiger partial charge in [0.05, 0.1) is 0 Å². The molecule has 0 aromatic heterocycles. The Morgan fingerprint density at radius 1 is 1.38 bits per heavy atom. The molecule has 13 heavy (non-hydrogen) atoms. The first-order valence-electron chi connectivity index (χ1n) is 4.45. The summed E-state index contributed by atoms with van der Waals surface area (Å²) in [7, 11) is 0. The maximum Gasteiger partial charge on any atom is 0.0420 e. The molecule has 0 spiro atoms. The van der Waals surface area contributed by atoms with E-state index in [0.29, 0.717) is 6.04 Å². The van der Waals surface area contributed by atoms with Crippen molar-refractivity contribution < 1.29 is 0 Å². The van der Waals surface area contributed by atoms with Crippen LogP contribution in [0.1, 0.15) is 24.4 Å². The molecule has 3 heteroatoms. The Kier molecular flexibility index (Phi) is 2.92. The molecular formula is C10H11BrClN. The molecule has 0 radical (unpaired) electrons. The van der Waals surface area contributed by atoms with Crippen molar-refractivity contribution in [2.75, 3.05) is 6.54 Å². The minimum absolute atomic E-state index is 0.495. The van der Waals surface area contributed by atoms with E-state index >= 15 is 0 Å². The van der Waals surface area contributed by atoms with Crippen LogP contribution in [0.4, 0.5) is 0 Å². The number of nitrogens with one attached hydrogen (secondary N) is 1. The molecule has 1 N–H and O–H groups in total. The first-order valence-corrected chi connectivity index (χ1v) is 5.62. The van der Waals surface area contributed by atoms with Gasteiger partial charge in [0.2, 0.25) is 0 Å². The van der Waals surface area contributed by atoms with Crippen molar-refractivity contribution in [3.05, 3.63) is 33.3 Å². The lowest BCUT2D eigenvalue weighted by molar-refractivity contribution is 0.647. The van der Waals surface area contributed by atoms with Crippen LogP contribution < -0.4 is 5.32 Å². The normalized spacial score (nSPS) is 22.2. The van der Waals surface area contributed by atoms with Gasteiger partial charge in [0.1, 0.15) is 0 Å². The van der Waals surface area contributed by atoms with Crippen molar-refractivity contribution in [2.24, 2.45) is 0 Å². The van der Waals surface area contributed by atoms with Gasteiger partial charge < -0.3 is 5.32 Å². The highest BCUT2D eigenvalue weighted by Crippen LogP contribution is 2.28. The van der Waals surface area contributed by atoms with E-state index in [1.54, 1.807) is 0 Å². The maximum absolute atomic E-state index is 5.97. The van der Waals surface area contributed by atoms with E-state index in [0.717, 1.165) is 16.0 Å². The Balaban J connectivity index is 2.28. The first-order chi connectivity index (χ1) is 6.25. The van der Waals surface area contributed by atoms with Crippen molar-refractivity contribution in [3.63, 3.8) is 0 Å². The largest absolute Gasteiger partial charge is 0.310 e. The van der Waals surface area contributed by atoms with Gasteiger partial charge in [0.15, 0.2) is 0 Å². The van der Waals surface area contributed by atoms with Gasteiger partial charge in [-0.25, -0.2) is 0 Å². The second kappa shape index (κ2) is 3.99. The Bertz CT molecular complexity index is 288. The molecule has 1 aromatic rings. The van der Waals surface area contributed by atoms with Gasteiger partial charge in [-0.15, -0.1) is 0 Å². The van der Waals surface area contributed by atoms with Crippen LogP contribution in [0.25, 0.3) is 0 Å². The molecule has 70 valence electrons. The highest BCUT2D eigenvalue weighted by atomic mass is 79.9. The SMILES string of the molecule is Clc1cc(Br)cc([C@@H]2CCCN2)c1. The summed E-state index contributed by atoms with van der Waals surface area (Å²) in [5.41, 5.74) is 1.29. The van der Waals surface area contributed by atoms with E-state index in [4.69, 9.17) is 11.6 Å². The number of halogens is 2. The summed E-state index contributed by atoms with van der Waals surface area (Å²) >= 11 is 9.42. The van der Waals surface area contributed by atoms with Gasteiger partial charge >= 0.3 is 0 Å². The van der Waals surface area contributed by atoms with Crippen LogP contribution in [0.2, 0.25) is 5.02 Å². The van der Waals surface area contributed by atoms with Gasteiger partial charge in [-0.2, -0.15) is 0 Å². The molecule has 1 aliphatic heterocycles. The number of hydrogen-bond donors (Lipinski definition) is 1. The fourth-order valence-corrected chi connectivity index (χ4v) is 2.63. The van der Waals surface area contributed by atoms with Gasteiger partial charge in [0, 0.05) is 15.5 Å². The minimum Gasteiger partial charge on any atom is -0.310 e. The zero-order chi connectivity index (χ0) is 9.26. The predicted molar refractivity (Wildman–Crippen MR) is 59.1 cm³/mol. The van der Waals surface area contributed by atoms with Crippen LogP contribution >= 0.6 is 27.5 Å². The summed E-state index contributed by atoms with van der Waals surface area (Å²) < 4.78 is 1.06. The lowest BCUT2D eigenvalue weighted by atomic mass is 10.1. The number of rotatable bonds is 1. The van der Waals surface area contributed by atoms with Crippen LogP contribution in [0.5, 0.6) is 0 Å². The second-order valence-corrected chi connectivity index (χ2v) is 4.70. The summed E-state index contributed by atoms with van der Waals surface area (Å²) in [5.74, 6) is 0. The Morgan fingerprint density at radius 2 is 2.23 bits per heavy atom. The standard InChI is InChI=1S/C10H11BrClN/c11-8-4-7(5-9(12)6-8)10-2-1-3-13-10/h4-6,10,13H,1-3H2/t10-/m0/s1. The third-order valence-electron chi connectivity index (χ3n) is 2.35. The quantitative estimate of drug-likeness (QED) is 0.814. The average molecular weight is 261 g/mol. The smallest absolute Gasteiger partial charge is 0.0420 e. The first kappa shape index (κ1) is 9.50.